The maximum atomic E-state index is 11.9. The summed E-state index contributed by atoms with van der Waals surface area (Å²) in [6.07, 6.45) is 0.340. The fraction of sp³-hybridized carbons (Fsp3) is 0.467. The Kier molecular flexibility index (Phi) is 5.94. The zero-order chi connectivity index (χ0) is 15.9. The highest BCUT2D eigenvalue weighted by atomic mass is 32.2. The van der Waals surface area contributed by atoms with Crippen molar-refractivity contribution in [1.82, 2.24) is 4.90 Å². The first-order valence-corrected chi connectivity index (χ1v) is 8.03. The zero-order valence-corrected chi connectivity index (χ0v) is 13.2. The van der Waals surface area contributed by atoms with Gasteiger partial charge in [-0.3, -0.25) is 9.59 Å². The summed E-state index contributed by atoms with van der Waals surface area (Å²) in [6.45, 7) is 1.35. The van der Waals surface area contributed by atoms with Crippen molar-refractivity contribution in [3.63, 3.8) is 0 Å². The summed E-state index contributed by atoms with van der Waals surface area (Å²) in [4.78, 5) is 24.8. The SMILES string of the molecule is CN(CCC(=O)O)C(=O)CCSc1ccc2c(c1)OCCO2. The van der Waals surface area contributed by atoms with Gasteiger partial charge in [0.25, 0.3) is 0 Å². The molecule has 6 nitrogen and oxygen atoms in total. The van der Waals surface area contributed by atoms with Gasteiger partial charge in [-0.25, -0.2) is 0 Å². The molecule has 1 N–H and O–H groups in total. The fourth-order valence-electron chi connectivity index (χ4n) is 1.95. The summed E-state index contributed by atoms with van der Waals surface area (Å²) < 4.78 is 11.0. The lowest BCUT2D eigenvalue weighted by Crippen LogP contribution is -2.29. The molecule has 0 unspecified atom stereocenters. The van der Waals surface area contributed by atoms with Crippen molar-refractivity contribution in [2.75, 3.05) is 32.6 Å². The second-order valence-electron chi connectivity index (χ2n) is 4.86. The number of aliphatic carboxylic acids is 1. The highest BCUT2D eigenvalue weighted by Gasteiger charge is 2.13. The van der Waals surface area contributed by atoms with Crippen LogP contribution in [0.25, 0.3) is 0 Å². The minimum absolute atomic E-state index is 0.0302. The Labute approximate surface area is 133 Å². The number of carbonyl (C=O) groups excluding carboxylic acids is 1. The van der Waals surface area contributed by atoms with Crippen molar-refractivity contribution in [2.45, 2.75) is 17.7 Å². The molecule has 0 aromatic heterocycles. The molecular weight excluding hydrogens is 306 g/mol. The third-order valence-electron chi connectivity index (χ3n) is 3.19. The molecule has 1 aromatic carbocycles. The van der Waals surface area contributed by atoms with Gasteiger partial charge in [0.15, 0.2) is 11.5 Å². The van der Waals surface area contributed by atoms with E-state index in [4.69, 9.17) is 14.6 Å². The summed E-state index contributed by atoms with van der Waals surface area (Å²) in [5, 5.41) is 8.60. The van der Waals surface area contributed by atoms with Gasteiger partial charge in [0.2, 0.25) is 5.91 Å². The third kappa shape index (κ3) is 4.84. The van der Waals surface area contributed by atoms with Crippen LogP contribution in [-0.4, -0.2) is 54.4 Å². The van der Waals surface area contributed by atoms with Gasteiger partial charge in [-0.05, 0) is 18.2 Å². The second kappa shape index (κ2) is 7.93. The Hall–Kier alpha value is -1.89. The monoisotopic (exact) mass is 325 g/mol. The average Bonchev–Trinajstić information content (AvgIpc) is 2.52. The molecule has 0 bridgehead atoms. The first-order chi connectivity index (χ1) is 10.6. The van der Waals surface area contributed by atoms with Gasteiger partial charge in [0.05, 0.1) is 6.42 Å². The molecule has 0 atom stereocenters. The Balaban J connectivity index is 1.76. The molecule has 0 radical (unpaired) electrons. The van der Waals surface area contributed by atoms with E-state index in [9.17, 15) is 9.59 Å². The van der Waals surface area contributed by atoms with E-state index in [1.54, 1.807) is 18.8 Å². The van der Waals surface area contributed by atoms with Gasteiger partial charge in [-0.2, -0.15) is 0 Å². The number of carbonyl (C=O) groups is 2. The van der Waals surface area contributed by atoms with E-state index < -0.39 is 5.97 Å². The summed E-state index contributed by atoms with van der Waals surface area (Å²) in [6, 6.07) is 5.73. The number of rotatable bonds is 7. The molecule has 0 spiro atoms. The van der Waals surface area contributed by atoms with E-state index in [0.717, 1.165) is 16.4 Å². The molecule has 120 valence electrons. The highest BCUT2D eigenvalue weighted by Crippen LogP contribution is 2.34. The molecule has 1 heterocycles. The molecule has 1 aliphatic rings. The molecule has 0 saturated heterocycles. The number of thioether (sulfide) groups is 1. The number of hydrogen-bond acceptors (Lipinski definition) is 5. The van der Waals surface area contributed by atoms with E-state index >= 15 is 0 Å². The van der Waals surface area contributed by atoms with Crippen LogP contribution >= 0.6 is 11.8 Å². The first kappa shape index (κ1) is 16.5. The summed E-state index contributed by atoms with van der Waals surface area (Å²) in [7, 11) is 1.63. The van der Waals surface area contributed by atoms with Crippen molar-refractivity contribution < 1.29 is 24.2 Å². The van der Waals surface area contributed by atoms with Crippen LogP contribution in [0.2, 0.25) is 0 Å². The number of amides is 1. The molecular formula is C15H19NO5S. The van der Waals surface area contributed by atoms with Crippen LogP contribution in [-0.2, 0) is 9.59 Å². The maximum absolute atomic E-state index is 11.9. The van der Waals surface area contributed by atoms with Crippen molar-refractivity contribution in [3.05, 3.63) is 18.2 Å². The lowest BCUT2D eigenvalue weighted by molar-refractivity contribution is -0.138. The summed E-state index contributed by atoms with van der Waals surface area (Å²) in [5.74, 6) is 1.17. The van der Waals surface area contributed by atoms with Gasteiger partial charge >= 0.3 is 5.97 Å². The maximum Gasteiger partial charge on any atom is 0.305 e. The number of benzene rings is 1. The molecule has 22 heavy (non-hydrogen) atoms. The van der Waals surface area contributed by atoms with Crippen LogP contribution in [0.3, 0.4) is 0 Å². The van der Waals surface area contributed by atoms with Crippen molar-refractivity contribution in [1.29, 1.82) is 0 Å². The molecule has 1 aliphatic heterocycles. The number of carboxylic acids is 1. The van der Waals surface area contributed by atoms with Gasteiger partial charge < -0.3 is 19.5 Å². The van der Waals surface area contributed by atoms with E-state index in [1.165, 1.54) is 4.90 Å². The minimum Gasteiger partial charge on any atom is -0.486 e. The molecule has 7 heteroatoms. The van der Waals surface area contributed by atoms with Crippen LogP contribution in [0, 0.1) is 0 Å². The number of fused-ring (bicyclic) bond motifs is 1. The van der Waals surface area contributed by atoms with Crippen LogP contribution in [0.1, 0.15) is 12.8 Å². The van der Waals surface area contributed by atoms with Crippen molar-refractivity contribution in [2.24, 2.45) is 0 Å². The first-order valence-electron chi connectivity index (χ1n) is 7.04. The predicted octanol–water partition coefficient (Wildman–Crippen LogP) is 1.87. The molecule has 1 amide bonds. The highest BCUT2D eigenvalue weighted by molar-refractivity contribution is 7.99. The average molecular weight is 325 g/mol. The normalized spacial score (nSPS) is 12.8. The van der Waals surface area contributed by atoms with Crippen molar-refractivity contribution in [3.8, 4) is 11.5 Å². The molecule has 0 fully saturated rings. The second-order valence-corrected chi connectivity index (χ2v) is 6.03. The molecule has 2 rings (SSSR count). The minimum atomic E-state index is -0.898. The van der Waals surface area contributed by atoms with Crippen LogP contribution in [0.4, 0.5) is 0 Å². The van der Waals surface area contributed by atoms with Crippen LogP contribution < -0.4 is 9.47 Å². The largest absolute Gasteiger partial charge is 0.486 e. The van der Waals surface area contributed by atoms with Gasteiger partial charge in [0, 0.05) is 30.7 Å². The Morgan fingerprint density at radius 3 is 2.68 bits per heavy atom. The van der Waals surface area contributed by atoms with E-state index in [-0.39, 0.29) is 18.9 Å². The van der Waals surface area contributed by atoms with Gasteiger partial charge in [-0.15, -0.1) is 11.8 Å². The molecule has 0 aliphatic carbocycles. The molecule has 1 aromatic rings. The third-order valence-corrected chi connectivity index (χ3v) is 4.18. The fourth-order valence-corrected chi connectivity index (χ4v) is 2.82. The number of ether oxygens (including phenoxy) is 2. The van der Waals surface area contributed by atoms with E-state index in [1.807, 2.05) is 18.2 Å². The zero-order valence-electron chi connectivity index (χ0n) is 12.4. The van der Waals surface area contributed by atoms with Crippen LogP contribution in [0.5, 0.6) is 11.5 Å². The quantitative estimate of drug-likeness (QED) is 0.771. The standard InChI is InChI=1S/C15H19NO5S/c1-16(6-4-15(18)19)14(17)5-9-22-11-2-3-12-13(10-11)21-8-7-20-12/h2-3,10H,4-9H2,1H3,(H,18,19). The van der Waals surface area contributed by atoms with Crippen LogP contribution in [0.15, 0.2) is 23.1 Å². The lowest BCUT2D eigenvalue weighted by atomic mass is 10.3. The summed E-state index contributed by atoms with van der Waals surface area (Å²) in [5.41, 5.74) is 0. The van der Waals surface area contributed by atoms with E-state index in [2.05, 4.69) is 0 Å². The van der Waals surface area contributed by atoms with E-state index in [0.29, 0.717) is 25.4 Å². The predicted molar refractivity (Wildman–Crippen MR) is 82.7 cm³/mol. The Morgan fingerprint density at radius 2 is 1.95 bits per heavy atom. The lowest BCUT2D eigenvalue weighted by Gasteiger charge is -2.19. The van der Waals surface area contributed by atoms with Gasteiger partial charge in [0.1, 0.15) is 13.2 Å². The molecule has 0 saturated carbocycles. The van der Waals surface area contributed by atoms with Gasteiger partial charge in [-0.1, -0.05) is 0 Å². The smallest absolute Gasteiger partial charge is 0.305 e. The Bertz CT molecular complexity index is 549. The Morgan fingerprint density at radius 1 is 1.23 bits per heavy atom. The van der Waals surface area contributed by atoms with Crippen molar-refractivity contribution >= 4 is 23.6 Å². The number of nitrogens with zero attached hydrogens (tertiary/aromatic N) is 1. The summed E-state index contributed by atoms with van der Waals surface area (Å²) >= 11 is 1.56. The number of carboxylic acid groups (broad SMARTS) is 1. The number of hydrogen-bond donors (Lipinski definition) is 1. The topological polar surface area (TPSA) is 76.1 Å².